The number of nitrogens with zero attached hydrogens (tertiary/aromatic N) is 1. The van der Waals surface area contributed by atoms with E-state index in [-0.39, 0.29) is 0 Å². The Hall–Kier alpha value is -0.870. The molecule has 1 saturated heterocycles. The molecule has 1 atom stereocenters. The Morgan fingerprint density at radius 2 is 1.85 bits per heavy atom. The van der Waals surface area contributed by atoms with Crippen LogP contribution in [0.5, 0.6) is 0 Å². The van der Waals surface area contributed by atoms with Gasteiger partial charge in [-0.05, 0) is 19.1 Å². The first-order valence-electron chi connectivity index (χ1n) is 4.08. The van der Waals surface area contributed by atoms with Crippen LogP contribution < -0.4 is 5.32 Å². The molecule has 0 saturated carbocycles. The first-order chi connectivity index (χ1) is 6.10. The fraction of sp³-hybridized carbons (Fsp3) is 0.333. The van der Waals surface area contributed by atoms with E-state index in [1.54, 1.807) is 24.3 Å². The van der Waals surface area contributed by atoms with Crippen molar-refractivity contribution >= 4 is 9.84 Å². The van der Waals surface area contributed by atoms with Crippen molar-refractivity contribution in [1.29, 1.82) is 0 Å². The monoisotopic (exact) mass is 196 g/mol. The number of hydrogen-bond acceptors (Lipinski definition) is 2. The zero-order chi connectivity index (χ0) is 9.47. The molecule has 2 rings (SSSR count). The predicted octanol–water partition coefficient (Wildman–Crippen LogP) is 0.713. The Kier molecular flexibility index (Phi) is 1.89. The molecule has 0 aromatic heterocycles. The van der Waals surface area contributed by atoms with Gasteiger partial charge in [0.1, 0.15) is 5.37 Å². The largest absolute Gasteiger partial charge is 0.222 e. The van der Waals surface area contributed by atoms with Crippen LogP contribution >= 0.6 is 0 Å². The quantitative estimate of drug-likeness (QED) is 0.654. The van der Waals surface area contributed by atoms with E-state index in [1.165, 1.54) is 0 Å². The molecule has 1 aromatic rings. The van der Waals surface area contributed by atoms with Crippen LogP contribution in [0.2, 0.25) is 0 Å². The molecule has 0 amide bonds. The van der Waals surface area contributed by atoms with Crippen LogP contribution in [-0.4, -0.2) is 20.3 Å². The Labute approximate surface area is 77.7 Å². The van der Waals surface area contributed by atoms with Crippen LogP contribution in [0.25, 0.3) is 0 Å². The summed E-state index contributed by atoms with van der Waals surface area (Å²) in [5, 5.41) is 3.31. The summed E-state index contributed by atoms with van der Waals surface area (Å²) < 4.78 is 23.2. The van der Waals surface area contributed by atoms with Crippen LogP contribution in [0.1, 0.15) is 5.56 Å². The second-order valence-electron chi connectivity index (χ2n) is 3.18. The van der Waals surface area contributed by atoms with Gasteiger partial charge in [0.15, 0.2) is 9.84 Å². The van der Waals surface area contributed by atoms with Crippen molar-refractivity contribution in [2.75, 3.05) is 6.54 Å². The molecule has 0 bridgehead atoms. The van der Waals surface area contributed by atoms with Gasteiger partial charge < -0.3 is 0 Å². The molecule has 0 aliphatic carbocycles. The van der Waals surface area contributed by atoms with Crippen LogP contribution in [0.3, 0.4) is 0 Å². The van der Waals surface area contributed by atoms with Crippen molar-refractivity contribution < 1.29 is 8.42 Å². The van der Waals surface area contributed by atoms with Gasteiger partial charge >= 0.3 is 0 Å². The molecule has 69 valence electrons. The normalized spacial score (nSPS) is 21.5. The molecule has 1 fully saturated rings. The van der Waals surface area contributed by atoms with E-state index >= 15 is 0 Å². The second kappa shape index (κ2) is 2.82. The van der Waals surface area contributed by atoms with Gasteiger partial charge in [-0.3, -0.25) is 0 Å². The molecule has 1 radical (unpaired) electrons. The maximum absolute atomic E-state index is 11.6. The maximum atomic E-state index is 11.6. The van der Waals surface area contributed by atoms with Gasteiger partial charge in [-0.1, -0.05) is 17.7 Å². The lowest BCUT2D eigenvalue weighted by molar-refractivity contribution is 0.594. The van der Waals surface area contributed by atoms with Crippen molar-refractivity contribution in [3.63, 3.8) is 0 Å². The van der Waals surface area contributed by atoms with Gasteiger partial charge in [0.25, 0.3) is 0 Å². The molecule has 1 aromatic carbocycles. The minimum Gasteiger partial charge on any atom is -0.222 e. The summed E-state index contributed by atoms with van der Waals surface area (Å²) in [6, 6.07) is 6.88. The summed E-state index contributed by atoms with van der Waals surface area (Å²) >= 11 is 0. The molecule has 1 aliphatic rings. The van der Waals surface area contributed by atoms with E-state index in [0.29, 0.717) is 11.4 Å². The fourth-order valence-electron chi connectivity index (χ4n) is 1.12. The highest BCUT2D eigenvalue weighted by Crippen LogP contribution is 2.21. The van der Waals surface area contributed by atoms with Crippen LogP contribution in [-0.2, 0) is 9.84 Å². The lowest BCUT2D eigenvalue weighted by atomic mass is 10.2. The minimum absolute atomic E-state index is 0.379. The Bertz CT molecular complexity index is 404. The number of sulfone groups is 1. The van der Waals surface area contributed by atoms with Crippen LogP contribution in [0, 0.1) is 6.92 Å². The van der Waals surface area contributed by atoms with Crippen molar-refractivity contribution in [2.45, 2.75) is 17.2 Å². The van der Waals surface area contributed by atoms with E-state index in [2.05, 4.69) is 5.32 Å². The van der Waals surface area contributed by atoms with Gasteiger partial charge in [-0.25, -0.2) is 13.7 Å². The highest BCUT2D eigenvalue weighted by atomic mass is 32.2. The maximum Gasteiger partial charge on any atom is 0.197 e. The number of hydrogen-bond donors (Lipinski definition) is 0. The molecule has 0 N–H and O–H groups in total. The first-order valence-corrected chi connectivity index (χ1v) is 5.62. The molecular weight excluding hydrogens is 186 g/mol. The van der Waals surface area contributed by atoms with Crippen molar-refractivity contribution in [3.8, 4) is 0 Å². The van der Waals surface area contributed by atoms with Gasteiger partial charge in [0.05, 0.1) is 4.90 Å². The number of aryl methyl sites for hydroxylation is 1. The van der Waals surface area contributed by atoms with Crippen LogP contribution in [0.15, 0.2) is 29.2 Å². The van der Waals surface area contributed by atoms with Gasteiger partial charge in [0, 0.05) is 6.54 Å². The zero-order valence-corrected chi connectivity index (χ0v) is 8.08. The molecule has 0 spiro atoms. The second-order valence-corrected chi connectivity index (χ2v) is 5.28. The molecule has 1 heterocycles. The van der Waals surface area contributed by atoms with E-state index in [9.17, 15) is 8.42 Å². The Morgan fingerprint density at radius 3 is 2.31 bits per heavy atom. The minimum atomic E-state index is -3.15. The van der Waals surface area contributed by atoms with E-state index in [0.717, 1.165) is 5.56 Å². The summed E-state index contributed by atoms with van der Waals surface area (Å²) in [5.41, 5.74) is 1.06. The standard InChI is InChI=1S/C9H10NO2S/c1-7-2-4-8(5-3-7)13(11,12)9-6-10-9/h2-5,9H,6H2,1H3. The fourth-order valence-corrected chi connectivity index (χ4v) is 2.43. The summed E-state index contributed by atoms with van der Waals surface area (Å²) in [6.07, 6.45) is 0. The van der Waals surface area contributed by atoms with Gasteiger partial charge in [-0.2, -0.15) is 0 Å². The third-order valence-corrected chi connectivity index (χ3v) is 3.98. The molecule has 1 aliphatic heterocycles. The van der Waals surface area contributed by atoms with Crippen molar-refractivity contribution in [3.05, 3.63) is 29.8 Å². The molecule has 4 heteroatoms. The van der Waals surface area contributed by atoms with Crippen molar-refractivity contribution in [1.82, 2.24) is 5.32 Å². The van der Waals surface area contributed by atoms with E-state index < -0.39 is 15.2 Å². The molecule has 1 unspecified atom stereocenters. The topological polar surface area (TPSA) is 48.2 Å². The van der Waals surface area contributed by atoms with E-state index in [4.69, 9.17) is 0 Å². The average molecular weight is 196 g/mol. The van der Waals surface area contributed by atoms with E-state index in [1.807, 2.05) is 6.92 Å². The first kappa shape index (κ1) is 8.72. The third-order valence-electron chi connectivity index (χ3n) is 2.04. The van der Waals surface area contributed by atoms with Gasteiger partial charge in [0.2, 0.25) is 0 Å². The lowest BCUT2D eigenvalue weighted by Gasteiger charge is -2.00. The van der Waals surface area contributed by atoms with Crippen molar-refractivity contribution in [2.24, 2.45) is 0 Å². The van der Waals surface area contributed by atoms with Gasteiger partial charge in [-0.15, -0.1) is 0 Å². The van der Waals surface area contributed by atoms with Crippen LogP contribution in [0.4, 0.5) is 0 Å². The summed E-state index contributed by atoms with van der Waals surface area (Å²) in [7, 11) is -3.15. The molecule has 13 heavy (non-hydrogen) atoms. The molecular formula is C9H10NO2S. The predicted molar refractivity (Wildman–Crippen MR) is 49.2 cm³/mol. The SMILES string of the molecule is Cc1ccc(S(=O)(=O)C2C[N]2)cc1. The highest BCUT2D eigenvalue weighted by Gasteiger charge is 2.37. The number of benzene rings is 1. The molecule has 3 nitrogen and oxygen atoms in total. The zero-order valence-electron chi connectivity index (χ0n) is 7.27. The Morgan fingerprint density at radius 1 is 1.31 bits per heavy atom. The average Bonchev–Trinajstić information content (AvgIpc) is 2.87. The number of rotatable bonds is 2. The summed E-state index contributed by atoms with van der Waals surface area (Å²) in [4.78, 5) is 0.379. The summed E-state index contributed by atoms with van der Waals surface area (Å²) in [6.45, 7) is 2.38. The summed E-state index contributed by atoms with van der Waals surface area (Å²) in [5.74, 6) is 0. The highest BCUT2D eigenvalue weighted by molar-refractivity contribution is 7.92. The smallest absolute Gasteiger partial charge is 0.197 e. The lowest BCUT2D eigenvalue weighted by Crippen LogP contribution is -2.09. The third kappa shape index (κ3) is 1.59. The Balaban J connectivity index is 2.40.